The van der Waals surface area contributed by atoms with Gasteiger partial charge in [0.15, 0.2) is 0 Å². The van der Waals surface area contributed by atoms with Gasteiger partial charge in [0.2, 0.25) is 5.76 Å². The van der Waals surface area contributed by atoms with Crippen molar-refractivity contribution < 1.29 is 9.21 Å². The van der Waals surface area contributed by atoms with E-state index in [4.69, 9.17) is 4.42 Å². The van der Waals surface area contributed by atoms with Crippen molar-refractivity contribution in [2.45, 2.75) is 19.3 Å². The first-order chi connectivity index (χ1) is 12.3. The first-order valence-corrected chi connectivity index (χ1v) is 8.66. The minimum absolute atomic E-state index is 0.150. The molecule has 4 heteroatoms. The largest absolute Gasteiger partial charge is 0.416 e. The highest BCUT2D eigenvalue weighted by Crippen LogP contribution is 2.31. The van der Waals surface area contributed by atoms with Crippen molar-refractivity contribution in [3.63, 3.8) is 0 Å². The van der Waals surface area contributed by atoms with E-state index in [0.717, 1.165) is 30.2 Å². The van der Waals surface area contributed by atoms with Crippen LogP contribution in [0.1, 0.15) is 29.8 Å². The molecular formula is C21H19NO3. The number of benzene rings is 2. The molecule has 0 spiro atoms. The van der Waals surface area contributed by atoms with Crippen molar-refractivity contribution in [1.29, 1.82) is 0 Å². The number of likely N-dealkylation sites (tertiary alicyclic amines) is 1. The molecule has 0 radical (unpaired) electrons. The first-order valence-electron chi connectivity index (χ1n) is 8.66. The third kappa shape index (κ3) is 2.84. The van der Waals surface area contributed by atoms with Gasteiger partial charge in [-0.15, -0.1) is 0 Å². The van der Waals surface area contributed by atoms with E-state index >= 15 is 0 Å². The summed E-state index contributed by atoms with van der Waals surface area (Å²) in [5.74, 6) is -0.0433. The minimum atomic E-state index is -0.462. The molecule has 25 heavy (non-hydrogen) atoms. The second kappa shape index (κ2) is 6.55. The molecule has 126 valence electrons. The third-order valence-corrected chi connectivity index (χ3v) is 4.74. The topological polar surface area (TPSA) is 50.5 Å². The highest BCUT2D eigenvalue weighted by Gasteiger charge is 2.26. The Bertz CT molecular complexity index is 969. The predicted octanol–water partition coefficient (Wildman–Crippen LogP) is 4.09. The number of rotatable bonds is 2. The Labute approximate surface area is 145 Å². The lowest BCUT2D eigenvalue weighted by atomic mass is 9.97. The maximum Gasteiger partial charge on any atom is 0.344 e. The van der Waals surface area contributed by atoms with Crippen LogP contribution < -0.4 is 5.63 Å². The summed E-state index contributed by atoms with van der Waals surface area (Å²) in [4.78, 5) is 27.3. The number of carbonyl (C=O) groups excluding carboxylic acids is 1. The summed E-state index contributed by atoms with van der Waals surface area (Å²) >= 11 is 0. The monoisotopic (exact) mass is 333 g/mol. The van der Waals surface area contributed by atoms with Gasteiger partial charge < -0.3 is 9.32 Å². The quantitative estimate of drug-likeness (QED) is 0.710. The van der Waals surface area contributed by atoms with Crippen LogP contribution in [-0.2, 0) is 0 Å². The van der Waals surface area contributed by atoms with Gasteiger partial charge in [-0.05, 0) is 30.9 Å². The molecule has 2 aromatic carbocycles. The molecule has 0 bridgehead atoms. The van der Waals surface area contributed by atoms with Crippen molar-refractivity contribution in [2.75, 3.05) is 13.1 Å². The maximum atomic E-state index is 13.1. The molecule has 0 unspecified atom stereocenters. The molecule has 4 nitrogen and oxygen atoms in total. The highest BCUT2D eigenvalue weighted by molar-refractivity contribution is 6.07. The molecule has 1 aromatic heterocycles. The zero-order chi connectivity index (χ0) is 17.2. The molecule has 0 atom stereocenters. The summed E-state index contributed by atoms with van der Waals surface area (Å²) in [6.07, 6.45) is 3.12. The van der Waals surface area contributed by atoms with Crippen LogP contribution in [0.15, 0.2) is 63.8 Å². The molecule has 1 amide bonds. The lowest BCUT2D eigenvalue weighted by molar-refractivity contribution is 0.0689. The molecular weight excluding hydrogens is 314 g/mol. The summed E-state index contributed by atoms with van der Waals surface area (Å²) in [5, 5.41) is 1.25. The van der Waals surface area contributed by atoms with Gasteiger partial charge in [-0.2, -0.15) is 0 Å². The molecule has 1 fully saturated rings. The fourth-order valence-corrected chi connectivity index (χ4v) is 3.48. The number of hydrogen-bond acceptors (Lipinski definition) is 3. The number of piperidine rings is 1. The second-order valence-corrected chi connectivity index (χ2v) is 6.36. The van der Waals surface area contributed by atoms with E-state index in [-0.39, 0.29) is 11.7 Å². The van der Waals surface area contributed by atoms with Crippen LogP contribution in [0.4, 0.5) is 0 Å². The fourth-order valence-electron chi connectivity index (χ4n) is 3.48. The van der Waals surface area contributed by atoms with Crippen molar-refractivity contribution >= 4 is 16.7 Å². The fraction of sp³-hybridized carbons (Fsp3) is 0.238. The van der Waals surface area contributed by atoms with Crippen molar-refractivity contribution in [1.82, 2.24) is 4.90 Å². The summed E-state index contributed by atoms with van der Waals surface area (Å²) in [5.41, 5.74) is 1.12. The van der Waals surface area contributed by atoms with Gasteiger partial charge in [0, 0.05) is 24.0 Å². The molecule has 1 aliphatic heterocycles. The maximum absolute atomic E-state index is 13.1. The Morgan fingerprint density at radius 2 is 1.48 bits per heavy atom. The van der Waals surface area contributed by atoms with Crippen LogP contribution in [0.25, 0.3) is 21.9 Å². The summed E-state index contributed by atoms with van der Waals surface area (Å²) < 4.78 is 5.54. The van der Waals surface area contributed by atoms with Crippen LogP contribution in [-0.4, -0.2) is 23.9 Å². The number of amides is 1. The van der Waals surface area contributed by atoms with Gasteiger partial charge in [-0.3, -0.25) is 4.79 Å². The summed E-state index contributed by atoms with van der Waals surface area (Å²) in [6.45, 7) is 1.42. The highest BCUT2D eigenvalue weighted by atomic mass is 16.4. The van der Waals surface area contributed by atoms with Gasteiger partial charge >= 0.3 is 5.63 Å². The molecule has 0 aliphatic carbocycles. The van der Waals surface area contributed by atoms with E-state index < -0.39 is 5.63 Å². The van der Waals surface area contributed by atoms with E-state index in [2.05, 4.69) is 0 Å². The number of nitrogens with zero attached hydrogens (tertiary/aromatic N) is 1. The third-order valence-electron chi connectivity index (χ3n) is 4.74. The molecule has 0 N–H and O–H groups in total. The zero-order valence-corrected chi connectivity index (χ0v) is 13.9. The molecule has 2 heterocycles. The Hall–Kier alpha value is -2.88. The average Bonchev–Trinajstić information content (AvgIpc) is 2.69. The molecule has 1 saturated heterocycles. The Morgan fingerprint density at radius 1 is 0.840 bits per heavy atom. The number of carbonyl (C=O) groups is 1. The predicted molar refractivity (Wildman–Crippen MR) is 97.7 cm³/mol. The average molecular weight is 333 g/mol. The van der Waals surface area contributed by atoms with E-state index in [0.29, 0.717) is 24.0 Å². The summed E-state index contributed by atoms with van der Waals surface area (Å²) in [6, 6.07) is 16.9. The number of fused-ring (bicyclic) bond motifs is 1. The molecule has 1 aliphatic rings. The van der Waals surface area contributed by atoms with Gasteiger partial charge in [-0.25, -0.2) is 4.79 Å². The second-order valence-electron chi connectivity index (χ2n) is 6.36. The van der Waals surface area contributed by atoms with Gasteiger partial charge in [0.25, 0.3) is 5.91 Å². The standard InChI is InChI=1S/C21H19NO3/c23-20(22-13-7-2-8-14-22)19-18(15-9-3-1-4-10-15)16-11-5-6-12-17(16)21(24)25-19/h1,3-6,9-12H,2,7-8,13-14H2. The van der Waals surface area contributed by atoms with Crippen LogP contribution in [0.5, 0.6) is 0 Å². The van der Waals surface area contributed by atoms with Gasteiger partial charge in [0.05, 0.1) is 5.39 Å². The van der Waals surface area contributed by atoms with E-state index in [1.807, 2.05) is 42.5 Å². The zero-order valence-electron chi connectivity index (χ0n) is 13.9. The Balaban J connectivity index is 1.97. The molecule has 4 rings (SSSR count). The molecule has 0 saturated carbocycles. The molecule has 3 aromatic rings. The van der Waals surface area contributed by atoms with Crippen molar-refractivity contribution in [3.8, 4) is 11.1 Å². The van der Waals surface area contributed by atoms with Crippen LogP contribution in [0.3, 0.4) is 0 Å². The first kappa shape index (κ1) is 15.6. The van der Waals surface area contributed by atoms with Crippen molar-refractivity contribution in [3.05, 3.63) is 70.8 Å². The van der Waals surface area contributed by atoms with Crippen LogP contribution in [0.2, 0.25) is 0 Å². The van der Waals surface area contributed by atoms with E-state index in [1.165, 1.54) is 0 Å². The van der Waals surface area contributed by atoms with Gasteiger partial charge in [-0.1, -0.05) is 48.5 Å². The lowest BCUT2D eigenvalue weighted by Gasteiger charge is -2.26. The lowest BCUT2D eigenvalue weighted by Crippen LogP contribution is -2.36. The summed E-state index contributed by atoms with van der Waals surface area (Å²) in [7, 11) is 0. The Kier molecular flexibility index (Phi) is 4.10. The Morgan fingerprint density at radius 3 is 2.20 bits per heavy atom. The van der Waals surface area contributed by atoms with Crippen LogP contribution in [0, 0.1) is 0 Å². The normalized spacial score (nSPS) is 14.6. The van der Waals surface area contributed by atoms with Crippen molar-refractivity contribution in [2.24, 2.45) is 0 Å². The minimum Gasteiger partial charge on any atom is -0.416 e. The SMILES string of the molecule is O=C(c1oc(=O)c2ccccc2c1-c1ccccc1)N1CCCCC1. The van der Waals surface area contributed by atoms with E-state index in [1.54, 1.807) is 17.0 Å². The number of hydrogen-bond donors (Lipinski definition) is 0. The smallest absolute Gasteiger partial charge is 0.344 e. The van der Waals surface area contributed by atoms with Gasteiger partial charge in [0.1, 0.15) is 0 Å². The van der Waals surface area contributed by atoms with E-state index in [9.17, 15) is 9.59 Å². The van der Waals surface area contributed by atoms with Crippen LogP contribution >= 0.6 is 0 Å².